The molecule has 0 aromatic carbocycles. The van der Waals surface area contributed by atoms with E-state index in [0.29, 0.717) is 26.0 Å². The molecule has 0 radical (unpaired) electrons. The van der Waals surface area contributed by atoms with Gasteiger partial charge in [0.2, 0.25) is 5.91 Å². The van der Waals surface area contributed by atoms with E-state index in [4.69, 9.17) is 24.7 Å². The number of hydrogen-bond donors (Lipinski definition) is 3. The summed E-state index contributed by atoms with van der Waals surface area (Å²) in [5.41, 5.74) is 6.07. The van der Waals surface area contributed by atoms with Crippen LogP contribution >= 0.6 is 0 Å². The monoisotopic (exact) mass is 460 g/mol. The lowest BCUT2D eigenvalue weighted by Crippen LogP contribution is -2.63. The maximum Gasteiger partial charge on any atom is 0.303 e. The Balaban J connectivity index is 2.59. The van der Waals surface area contributed by atoms with Crippen LogP contribution in [0.15, 0.2) is 0 Å². The molecule has 10 heteroatoms. The Bertz CT molecular complexity index is 602. The zero-order valence-electron chi connectivity index (χ0n) is 19.9. The molecule has 0 saturated carbocycles. The fourth-order valence-electron chi connectivity index (χ4n) is 3.31. The molecule has 1 heterocycles. The first-order chi connectivity index (χ1) is 15.1. The predicted molar refractivity (Wildman–Crippen MR) is 116 cm³/mol. The van der Waals surface area contributed by atoms with Crippen molar-refractivity contribution in [3.05, 3.63) is 0 Å². The van der Waals surface area contributed by atoms with Gasteiger partial charge in [-0.15, -0.1) is 0 Å². The standard InChI is InChI=1S/C22H40N2O8/c1-6-7-10-24-18(27)9-8-13(2)14(3)11-30-22-19(23)20(28)21(31-16(5)26)17(32-22)12-29-15(4)25/h13-14,17,19-22,28H,6-12,23H2,1-5H3,(H,24,27). The minimum Gasteiger partial charge on any atom is -0.463 e. The normalized spacial score (nSPS) is 27.3. The summed E-state index contributed by atoms with van der Waals surface area (Å²) in [4.78, 5) is 34.5. The van der Waals surface area contributed by atoms with Crippen LogP contribution in [0, 0.1) is 11.8 Å². The van der Waals surface area contributed by atoms with Gasteiger partial charge in [0.15, 0.2) is 12.4 Å². The van der Waals surface area contributed by atoms with E-state index in [0.717, 1.165) is 12.8 Å². The molecule has 0 spiro atoms. The molecule has 0 aliphatic carbocycles. The second-order valence-corrected chi connectivity index (χ2v) is 8.52. The van der Waals surface area contributed by atoms with Gasteiger partial charge in [-0.3, -0.25) is 14.4 Å². The van der Waals surface area contributed by atoms with Crippen molar-refractivity contribution in [2.75, 3.05) is 19.8 Å². The molecule has 32 heavy (non-hydrogen) atoms. The fraction of sp³-hybridized carbons (Fsp3) is 0.864. The first-order valence-corrected chi connectivity index (χ1v) is 11.3. The van der Waals surface area contributed by atoms with Gasteiger partial charge in [-0.1, -0.05) is 27.2 Å². The third-order valence-corrected chi connectivity index (χ3v) is 5.65. The Labute approximate surface area is 190 Å². The molecule has 10 nitrogen and oxygen atoms in total. The van der Waals surface area contributed by atoms with Crippen LogP contribution in [0.5, 0.6) is 0 Å². The van der Waals surface area contributed by atoms with Crippen LogP contribution in [0.4, 0.5) is 0 Å². The number of carbonyl (C=O) groups is 3. The van der Waals surface area contributed by atoms with E-state index in [1.165, 1.54) is 13.8 Å². The number of unbranched alkanes of at least 4 members (excludes halogenated alkanes) is 1. The molecule has 0 bridgehead atoms. The highest BCUT2D eigenvalue weighted by atomic mass is 16.7. The summed E-state index contributed by atoms with van der Waals surface area (Å²) in [5, 5.41) is 13.5. The summed E-state index contributed by atoms with van der Waals surface area (Å²) in [6.45, 7) is 9.35. The van der Waals surface area contributed by atoms with Gasteiger partial charge in [-0.2, -0.15) is 0 Å². The quantitative estimate of drug-likeness (QED) is 0.269. The topological polar surface area (TPSA) is 146 Å². The zero-order valence-corrected chi connectivity index (χ0v) is 19.9. The largest absolute Gasteiger partial charge is 0.463 e. The van der Waals surface area contributed by atoms with Crippen molar-refractivity contribution in [1.82, 2.24) is 5.32 Å². The number of aliphatic hydroxyl groups excluding tert-OH is 1. The molecule has 7 unspecified atom stereocenters. The smallest absolute Gasteiger partial charge is 0.303 e. The average molecular weight is 461 g/mol. The Morgan fingerprint density at radius 3 is 2.44 bits per heavy atom. The van der Waals surface area contributed by atoms with Crippen LogP contribution in [0.25, 0.3) is 0 Å². The summed E-state index contributed by atoms with van der Waals surface area (Å²) in [5.74, 6) is -0.785. The number of ether oxygens (including phenoxy) is 4. The van der Waals surface area contributed by atoms with Crippen LogP contribution in [0.2, 0.25) is 0 Å². The number of aliphatic hydroxyl groups is 1. The predicted octanol–water partition coefficient (Wildman–Crippen LogP) is 0.880. The second kappa shape index (κ2) is 14.4. The summed E-state index contributed by atoms with van der Waals surface area (Å²) in [6.07, 6.45) is -1.05. The molecule has 1 rings (SSSR count). The van der Waals surface area contributed by atoms with Crippen molar-refractivity contribution in [1.29, 1.82) is 0 Å². The number of esters is 2. The summed E-state index contributed by atoms with van der Waals surface area (Å²) in [6, 6.07) is -0.959. The van der Waals surface area contributed by atoms with E-state index in [1.54, 1.807) is 0 Å². The third kappa shape index (κ3) is 9.81. The number of hydrogen-bond acceptors (Lipinski definition) is 9. The van der Waals surface area contributed by atoms with Crippen molar-refractivity contribution in [2.45, 2.75) is 90.9 Å². The maximum atomic E-state index is 11.9. The van der Waals surface area contributed by atoms with Gasteiger partial charge in [-0.05, 0) is 24.7 Å². The molecule has 0 aromatic heterocycles. The maximum absolute atomic E-state index is 11.9. The molecule has 1 aliphatic heterocycles. The van der Waals surface area contributed by atoms with Crippen LogP contribution in [-0.2, 0) is 33.3 Å². The summed E-state index contributed by atoms with van der Waals surface area (Å²) < 4.78 is 21.7. The Morgan fingerprint density at radius 2 is 1.84 bits per heavy atom. The lowest BCUT2D eigenvalue weighted by Gasteiger charge is -2.42. The van der Waals surface area contributed by atoms with Gasteiger partial charge in [0.25, 0.3) is 0 Å². The Morgan fingerprint density at radius 1 is 1.16 bits per heavy atom. The van der Waals surface area contributed by atoms with Gasteiger partial charge in [0.1, 0.15) is 18.8 Å². The zero-order chi connectivity index (χ0) is 24.3. The molecule has 1 aliphatic rings. The van der Waals surface area contributed by atoms with E-state index in [-0.39, 0.29) is 24.3 Å². The summed E-state index contributed by atoms with van der Waals surface area (Å²) >= 11 is 0. The van der Waals surface area contributed by atoms with Gasteiger partial charge < -0.3 is 35.1 Å². The molecule has 0 aromatic rings. The number of nitrogens with two attached hydrogens (primary N) is 1. The number of amides is 1. The second-order valence-electron chi connectivity index (χ2n) is 8.52. The highest BCUT2D eigenvalue weighted by Crippen LogP contribution is 2.26. The van der Waals surface area contributed by atoms with Gasteiger partial charge in [-0.25, -0.2) is 0 Å². The van der Waals surface area contributed by atoms with Crippen LogP contribution in [0.3, 0.4) is 0 Å². The van der Waals surface area contributed by atoms with E-state index >= 15 is 0 Å². The molecular formula is C22H40N2O8. The molecule has 1 amide bonds. The van der Waals surface area contributed by atoms with E-state index in [9.17, 15) is 19.5 Å². The molecule has 186 valence electrons. The first kappa shape index (κ1) is 28.3. The molecule has 1 saturated heterocycles. The van der Waals surface area contributed by atoms with Crippen molar-refractivity contribution in [3.8, 4) is 0 Å². The fourth-order valence-corrected chi connectivity index (χ4v) is 3.31. The first-order valence-electron chi connectivity index (χ1n) is 11.3. The highest BCUT2D eigenvalue weighted by molar-refractivity contribution is 5.75. The van der Waals surface area contributed by atoms with E-state index in [2.05, 4.69) is 12.2 Å². The number of rotatable bonds is 13. The number of carbonyl (C=O) groups excluding carboxylic acids is 3. The SMILES string of the molecule is CCCCNC(=O)CCC(C)C(C)COC1OC(COC(C)=O)C(OC(C)=O)C(O)C1N. The van der Waals surface area contributed by atoms with Gasteiger partial charge in [0, 0.05) is 26.8 Å². The lowest BCUT2D eigenvalue weighted by molar-refractivity contribution is -0.273. The number of nitrogens with one attached hydrogen (secondary N) is 1. The Kier molecular flexibility index (Phi) is 12.7. The molecule has 1 fully saturated rings. The third-order valence-electron chi connectivity index (χ3n) is 5.65. The van der Waals surface area contributed by atoms with Crippen molar-refractivity contribution >= 4 is 17.8 Å². The average Bonchev–Trinajstić information content (AvgIpc) is 2.73. The van der Waals surface area contributed by atoms with Crippen LogP contribution in [0.1, 0.15) is 60.3 Å². The van der Waals surface area contributed by atoms with Crippen molar-refractivity contribution in [2.24, 2.45) is 17.6 Å². The van der Waals surface area contributed by atoms with Gasteiger partial charge in [0.05, 0.1) is 12.6 Å². The van der Waals surface area contributed by atoms with Crippen molar-refractivity contribution < 1.29 is 38.4 Å². The lowest BCUT2D eigenvalue weighted by atomic mass is 9.92. The van der Waals surface area contributed by atoms with E-state index in [1.807, 2.05) is 13.8 Å². The van der Waals surface area contributed by atoms with Crippen LogP contribution in [-0.4, -0.2) is 73.4 Å². The highest BCUT2D eigenvalue weighted by Gasteiger charge is 2.46. The minimum absolute atomic E-state index is 0.0454. The minimum atomic E-state index is -1.25. The van der Waals surface area contributed by atoms with E-state index < -0.39 is 42.6 Å². The summed E-state index contributed by atoms with van der Waals surface area (Å²) in [7, 11) is 0. The Hall–Kier alpha value is -1.75. The van der Waals surface area contributed by atoms with Gasteiger partial charge >= 0.3 is 11.9 Å². The molecule has 7 atom stereocenters. The van der Waals surface area contributed by atoms with Crippen LogP contribution < -0.4 is 11.1 Å². The van der Waals surface area contributed by atoms with Crippen molar-refractivity contribution in [3.63, 3.8) is 0 Å². The molecular weight excluding hydrogens is 420 g/mol. The molecule has 4 N–H and O–H groups in total.